The Kier molecular flexibility index (Phi) is 4.13. The Labute approximate surface area is 123 Å². The number of hydrogen-bond donors (Lipinski definition) is 1. The fraction of sp³-hybridized carbons (Fsp3) is 1.00. The Balaban J connectivity index is 1.66. The van der Waals surface area contributed by atoms with Crippen LogP contribution >= 0.6 is 0 Å². The first kappa shape index (κ1) is 14.8. The number of hydrogen-bond acceptors (Lipinski definition) is 4. The molecule has 3 fully saturated rings. The third-order valence-electron chi connectivity index (χ3n) is 5.52. The third kappa shape index (κ3) is 3.20. The molecule has 1 N–H and O–H groups in total. The summed E-state index contributed by atoms with van der Waals surface area (Å²) in [6.45, 7) is 4.62. The second-order valence-corrected chi connectivity index (χ2v) is 9.45. The highest BCUT2D eigenvalue weighted by atomic mass is 32.2. The summed E-state index contributed by atoms with van der Waals surface area (Å²) in [5.74, 6) is 1.42. The molecule has 1 saturated heterocycles. The first-order valence-corrected chi connectivity index (χ1v) is 10.1. The fourth-order valence-electron chi connectivity index (χ4n) is 3.99. The van der Waals surface area contributed by atoms with Gasteiger partial charge in [-0.2, -0.15) is 0 Å². The molecular formula is C15H28N2O2S. The molecular weight excluding hydrogens is 272 g/mol. The van der Waals surface area contributed by atoms with Crippen molar-refractivity contribution in [2.45, 2.75) is 57.0 Å². The first-order chi connectivity index (χ1) is 9.54. The predicted molar refractivity (Wildman–Crippen MR) is 81.6 cm³/mol. The summed E-state index contributed by atoms with van der Waals surface area (Å²) in [6.07, 6.45) is 7.83. The van der Waals surface area contributed by atoms with Gasteiger partial charge in [0.25, 0.3) is 0 Å². The van der Waals surface area contributed by atoms with Crippen molar-refractivity contribution in [2.75, 3.05) is 31.1 Å². The smallest absolute Gasteiger partial charge is 0.151 e. The van der Waals surface area contributed by atoms with Crippen LogP contribution in [0.25, 0.3) is 0 Å². The maximum atomic E-state index is 11.8. The number of sulfone groups is 1. The lowest BCUT2D eigenvalue weighted by atomic mass is 9.91. The average Bonchev–Trinajstić information content (AvgIpc) is 3.18. The largest absolute Gasteiger partial charge is 0.308 e. The highest BCUT2D eigenvalue weighted by Gasteiger charge is 2.45. The molecule has 2 saturated carbocycles. The van der Waals surface area contributed by atoms with Crippen molar-refractivity contribution < 1.29 is 8.42 Å². The lowest BCUT2D eigenvalue weighted by Crippen LogP contribution is -2.64. The van der Waals surface area contributed by atoms with Crippen LogP contribution in [0.4, 0.5) is 0 Å². The molecule has 1 unspecified atom stereocenters. The van der Waals surface area contributed by atoms with Gasteiger partial charge in [0.1, 0.15) is 0 Å². The van der Waals surface area contributed by atoms with Crippen molar-refractivity contribution in [3.8, 4) is 0 Å². The van der Waals surface area contributed by atoms with E-state index in [1.54, 1.807) is 6.92 Å². The third-order valence-corrected chi connectivity index (χ3v) is 7.20. The van der Waals surface area contributed by atoms with Crippen LogP contribution in [0.2, 0.25) is 0 Å². The van der Waals surface area contributed by atoms with Gasteiger partial charge in [0.2, 0.25) is 0 Å². The van der Waals surface area contributed by atoms with Gasteiger partial charge in [0.05, 0.1) is 5.75 Å². The zero-order valence-corrected chi connectivity index (χ0v) is 13.4. The zero-order chi connectivity index (χ0) is 14.2. The van der Waals surface area contributed by atoms with E-state index in [2.05, 4.69) is 10.2 Å². The van der Waals surface area contributed by atoms with E-state index in [4.69, 9.17) is 0 Å². The Hall–Kier alpha value is -0.130. The monoisotopic (exact) mass is 300 g/mol. The quantitative estimate of drug-likeness (QED) is 0.834. The Bertz CT molecular complexity index is 439. The van der Waals surface area contributed by atoms with Crippen LogP contribution in [-0.2, 0) is 9.84 Å². The van der Waals surface area contributed by atoms with Gasteiger partial charge in [-0.15, -0.1) is 0 Å². The molecule has 0 aromatic rings. The molecule has 1 heterocycles. The fourth-order valence-corrected chi connectivity index (χ4v) is 4.79. The van der Waals surface area contributed by atoms with E-state index < -0.39 is 9.84 Å². The standard InChI is InChI=1S/C15H28N2O2S/c1-2-20(18,19)10-9-17-12-15(7-3-4-8-15)16-11-14(17)13-5-6-13/h13-14,16H,2-12H2,1H3. The summed E-state index contributed by atoms with van der Waals surface area (Å²) >= 11 is 0. The highest BCUT2D eigenvalue weighted by molar-refractivity contribution is 7.91. The summed E-state index contributed by atoms with van der Waals surface area (Å²) in [7, 11) is -2.84. The van der Waals surface area contributed by atoms with Crippen LogP contribution in [-0.4, -0.2) is 56.0 Å². The molecule has 3 aliphatic rings. The maximum Gasteiger partial charge on any atom is 0.151 e. The number of nitrogens with one attached hydrogen (secondary N) is 1. The molecule has 116 valence electrons. The second kappa shape index (κ2) is 5.58. The molecule has 0 aromatic heterocycles. The Morgan fingerprint density at radius 3 is 2.55 bits per heavy atom. The van der Waals surface area contributed by atoms with Gasteiger partial charge < -0.3 is 5.32 Å². The van der Waals surface area contributed by atoms with E-state index in [1.165, 1.54) is 38.5 Å². The van der Waals surface area contributed by atoms with Crippen molar-refractivity contribution in [1.29, 1.82) is 0 Å². The van der Waals surface area contributed by atoms with Gasteiger partial charge in [-0.05, 0) is 31.6 Å². The molecule has 2 aliphatic carbocycles. The average molecular weight is 300 g/mol. The molecule has 0 radical (unpaired) electrons. The zero-order valence-electron chi connectivity index (χ0n) is 12.6. The Morgan fingerprint density at radius 2 is 1.95 bits per heavy atom. The minimum atomic E-state index is -2.84. The van der Waals surface area contributed by atoms with E-state index in [0.29, 0.717) is 17.3 Å². The molecule has 1 spiro atoms. The van der Waals surface area contributed by atoms with Crippen molar-refractivity contribution in [3.05, 3.63) is 0 Å². The van der Waals surface area contributed by atoms with E-state index in [1.807, 2.05) is 0 Å². The minimum Gasteiger partial charge on any atom is -0.308 e. The van der Waals surface area contributed by atoms with Gasteiger partial charge in [-0.3, -0.25) is 4.90 Å². The molecule has 0 amide bonds. The SMILES string of the molecule is CCS(=O)(=O)CCN1CC2(CCCC2)NCC1C1CC1. The highest BCUT2D eigenvalue weighted by Crippen LogP contribution is 2.40. The van der Waals surface area contributed by atoms with Gasteiger partial charge in [-0.1, -0.05) is 19.8 Å². The molecule has 1 atom stereocenters. The normalized spacial score (nSPS) is 30.9. The number of nitrogens with zero attached hydrogens (tertiary/aromatic N) is 1. The van der Waals surface area contributed by atoms with Gasteiger partial charge in [0, 0.05) is 37.0 Å². The van der Waals surface area contributed by atoms with Crippen LogP contribution in [0.3, 0.4) is 0 Å². The minimum absolute atomic E-state index is 0.276. The molecule has 0 bridgehead atoms. The topological polar surface area (TPSA) is 49.4 Å². The summed E-state index contributed by atoms with van der Waals surface area (Å²) in [5.41, 5.74) is 0.293. The maximum absolute atomic E-state index is 11.8. The number of rotatable bonds is 5. The van der Waals surface area contributed by atoms with Gasteiger partial charge >= 0.3 is 0 Å². The summed E-state index contributed by atoms with van der Waals surface area (Å²) in [5, 5.41) is 3.82. The van der Waals surface area contributed by atoms with E-state index in [9.17, 15) is 8.42 Å². The van der Waals surface area contributed by atoms with Crippen molar-refractivity contribution >= 4 is 9.84 Å². The molecule has 4 nitrogen and oxygen atoms in total. The van der Waals surface area contributed by atoms with Crippen LogP contribution in [0.1, 0.15) is 45.4 Å². The first-order valence-electron chi connectivity index (χ1n) is 8.23. The van der Waals surface area contributed by atoms with Crippen LogP contribution in [0.5, 0.6) is 0 Å². The Morgan fingerprint density at radius 1 is 1.25 bits per heavy atom. The van der Waals surface area contributed by atoms with Crippen LogP contribution in [0.15, 0.2) is 0 Å². The summed E-state index contributed by atoms with van der Waals surface area (Å²) in [4.78, 5) is 2.51. The lowest BCUT2D eigenvalue weighted by Gasteiger charge is -2.46. The van der Waals surface area contributed by atoms with E-state index >= 15 is 0 Å². The molecule has 1 aliphatic heterocycles. The van der Waals surface area contributed by atoms with Crippen LogP contribution in [0, 0.1) is 5.92 Å². The van der Waals surface area contributed by atoms with Crippen molar-refractivity contribution in [3.63, 3.8) is 0 Å². The molecule has 0 aromatic carbocycles. The predicted octanol–water partition coefficient (Wildman–Crippen LogP) is 1.42. The van der Waals surface area contributed by atoms with Crippen LogP contribution < -0.4 is 5.32 Å². The molecule has 3 rings (SSSR count). The summed E-state index contributed by atoms with van der Waals surface area (Å²) in [6, 6.07) is 0.577. The number of piperazine rings is 1. The lowest BCUT2D eigenvalue weighted by molar-refractivity contribution is 0.0748. The van der Waals surface area contributed by atoms with Crippen molar-refractivity contribution in [1.82, 2.24) is 10.2 Å². The van der Waals surface area contributed by atoms with E-state index in [-0.39, 0.29) is 5.75 Å². The van der Waals surface area contributed by atoms with Gasteiger partial charge in [-0.25, -0.2) is 8.42 Å². The van der Waals surface area contributed by atoms with E-state index in [0.717, 1.165) is 25.6 Å². The van der Waals surface area contributed by atoms with Gasteiger partial charge in [0.15, 0.2) is 9.84 Å². The second-order valence-electron chi connectivity index (χ2n) is 6.98. The molecule has 20 heavy (non-hydrogen) atoms. The van der Waals surface area contributed by atoms with Crippen molar-refractivity contribution in [2.24, 2.45) is 5.92 Å². The summed E-state index contributed by atoms with van der Waals surface area (Å²) < 4.78 is 23.6. The molecule has 5 heteroatoms.